The van der Waals surface area contributed by atoms with Gasteiger partial charge in [-0.2, -0.15) is 0 Å². The minimum absolute atomic E-state index is 0.440. The molecular formula is C13H16ClNO2. The third-order valence-corrected chi connectivity index (χ3v) is 3.17. The Morgan fingerprint density at radius 1 is 1.29 bits per heavy atom. The van der Waals surface area contributed by atoms with E-state index in [1.807, 2.05) is 6.07 Å². The fraction of sp³-hybridized carbons (Fsp3) is 0.462. The average Bonchev–Trinajstić information content (AvgIpc) is 2.82. The molecule has 0 radical (unpaired) electrons. The Balaban J connectivity index is 1.87. The molecule has 1 heterocycles. The summed E-state index contributed by atoms with van der Waals surface area (Å²) in [6.07, 6.45) is 2.55. The highest BCUT2D eigenvalue weighted by Gasteiger charge is 2.12. The second-order valence-electron chi connectivity index (χ2n) is 4.17. The molecule has 2 rings (SSSR count). The van der Waals surface area contributed by atoms with Gasteiger partial charge in [-0.25, -0.2) is 0 Å². The maximum absolute atomic E-state index is 11.2. The van der Waals surface area contributed by atoms with Crippen LogP contribution in [0, 0.1) is 0 Å². The quantitative estimate of drug-likeness (QED) is 0.756. The molecule has 3 nitrogen and oxygen atoms in total. The van der Waals surface area contributed by atoms with E-state index >= 15 is 0 Å². The summed E-state index contributed by atoms with van der Waals surface area (Å²) in [5.74, 6) is 0.576. The zero-order valence-corrected chi connectivity index (χ0v) is 10.4. The number of halogens is 1. The molecule has 1 aliphatic rings. The van der Waals surface area contributed by atoms with Crippen LogP contribution >= 0.6 is 11.6 Å². The van der Waals surface area contributed by atoms with E-state index in [1.165, 1.54) is 12.8 Å². The van der Waals surface area contributed by atoms with Crippen molar-refractivity contribution in [3.05, 3.63) is 29.8 Å². The van der Waals surface area contributed by atoms with E-state index in [4.69, 9.17) is 16.3 Å². The fourth-order valence-corrected chi connectivity index (χ4v) is 2.20. The van der Waals surface area contributed by atoms with E-state index in [1.54, 1.807) is 18.2 Å². The molecule has 17 heavy (non-hydrogen) atoms. The van der Waals surface area contributed by atoms with Crippen LogP contribution in [0.3, 0.4) is 0 Å². The van der Waals surface area contributed by atoms with Crippen molar-refractivity contribution in [2.75, 3.05) is 26.2 Å². The first-order chi connectivity index (χ1) is 8.27. The third-order valence-electron chi connectivity index (χ3n) is 2.96. The molecule has 1 aromatic rings. The monoisotopic (exact) mass is 253 g/mol. The molecular weight excluding hydrogens is 238 g/mol. The second kappa shape index (κ2) is 6.03. The maximum atomic E-state index is 11.2. The first kappa shape index (κ1) is 12.4. The van der Waals surface area contributed by atoms with Gasteiger partial charge in [0, 0.05) is 6.54 Å². The van der Waals surface area contributed by atoms with Crippen molar-refractivity contribution in [3.63, 3.8) is 0 Å². The number of carbonyl (C=O) groups excluding carboxylic acids is 1. The minimum atomic E-state index is -0.471. The van der Waals surface area contributed by atoms with Gasteiger partial charge < -0.3 is 4.74 Å². The van der Waals surface area contributed by atoms with Crippen molar-refractivity contribution in [3.8, 4) is 5.75 Å². The summed E-state index contributed by atoms with van der Waals surface area (Å²) in [5.41, 5.74) is 0.440. The lowest BCUT2D eigenvalue weighted by Gasteiger charge is -2.15. The van der Waals surface area contributed by atoms with Crippen LogP contribution in [-0.4, -0.2) is 36.4 Å². The van der Waals surface area contributed by atoms with Crippen molar-refractivity contribution >= 4 is 16.8 Å². The van der Waals surface area contributed by atoms with Crippen molar-refractivity contribution in [1.82, 2.24) is 4.90 Å². The molecule has 1 saturated heterocycles. The van der Waals surface area contributed by atoms with Crippen molar-refractivity contribution in [2.45, 2.75) is 12.8 Å². The predicted octanol–water partition coefficient (Wildman–Crippen LogP) is 2.54. The van der Waals surface area contributed by atoms with Crippen LogP contribution in [0.25, 0.3) is 0 Å². The summed E-state index contributed by atoms with van der Waals surface area (Å²) in [4.78, 5) is 13.5. The number of ether oxygens (including phenoxy) is 1. The van der Waals surface area contributed by atoms with E-state index in [2.05, 4.69) is 4.90 Å². The number of likely N-dealkylation sites (tertiary alicyclic amines) is 1. The Kier molecular flexibility index (Phi) is 4.40. The molecule has 0 spiro atoms. The van der Waals surface area contributed by atoms with Crippen molar-refractivity contribution in [1.29, 1.82) is 0 Å². The Bertz CT molecular complexity index is 389. The topological polar surface area (TPSA) is 29.5 Å². The Morgan fingerprint density at radius 2 is 2.00 bits per heavy atom. The summed E-state index contributed by atoms with van der Waals surface area (Å²) in [6, 6.07) is 7.08. The normalized spacial score (nSPS) is 16.1. The smallest absolute Gasteiger partial charge is 0.256 e. The summed E-state index contributed by atoms with van der Waals surface area (Å²) in [7, 11) is 0. The van der Waals surface area contributed by atoms with Gasteiger partial charge in [0.25, 0.3) is 5.24 Å². The Labute approximate surface area is 106 Å². The molecule has 92 valence electrons. The molecule has 0 N–H and O–H groups in total. The van der Waals surface area contributed by atoms with Gasteiger partial charge in [-0.1, -0.05) is 12.1 Å². The summed E-state index contributed by atoms with van der Waals surface area (Å²) < 4.78 is 5.61. The first-order valence-corrected chi connectivity index (χ1v) is 6.29. The summed E-state index contributed by atoms with van der Waals surface area (Å²) in [6.45, 7) is 3.81. The summed E-state index contributed by atoms with van der Waals surface area (Å²) in [5, 5.41) is -0.471. The largest absolute Gasteiger partial charge is 0.491 e. The van der Waals surface area contributed by atoms with Crippen LogP contribution < -0.4 is 4.74 Å². The van der Waals surface area contributed by atoms with Crippen LogP contribution in [0.2, 0.25) is 0 Å². The number of carbonyl (C=O) groups is 1. The van der Waals surface area contributed by atoms with E-state index in [0.717, 1.165) is 19.6 Å². The molecule has 1 aromatic carbocycles. The SMILES string of the molecule is O=C(Cl)c1ccccc1OCCN1CCCC1. The van der Waals surface area contributed by atoms with Crippen LogP contribution in [0.4, 0.5) is 0 Å². The maximum Gasteiger partial charge on any atom is 0.256 e. The molecule has 1 fully saturated rings. The Hall–Kier alpha value is -1.06. The van der Waals surface area contributed by atoms with Crippen LogP contribution in [0.1, 0.15) is 23.2 Å². The Morgan fingerprint density at radius 3 is 2.71 bits per heavy atom. The van der Waals surface area contributed by atoms with Crippen LogP contribution in [0.15, 0.2) is 24.3 Å². The standard InChI is InChI=1S/C13H16ClNO2/c14-13(16)11-5-1-2-6-12(11)17-10-9-15-7-3-4-8-15/h1-2,5-6H,3-4,7-10H2. The van der Waals surface area contributed by atoms with Gasteiger partial charge in [0.05, 0.1) is 5.56 Å². The predicted molar refractivity (Wildman–Crippen MR) is 67.8 cm³/mol. The molecule has 1 aliphatic heterocycles. The molecule has 0 atom stereocenters. The third kappa shape index (κ3) is 3.45. The van der Waals surface area contributed by atoms with Gasteiger partial charge in [0.2, 0.25) is 0 Å². The minimum Gasteiger partial charge on any atom is -0.491 e. The average molecular weight is 254 g/mol. The van der Waals surface area contributed by atoms with Gasteiger partial charge in [0.1, 0.15) is 12.4 Å². The summed E-state index contributed by atoms with van der Waals surface area (Å²) >= 11 is 5.49. The number of hydrogen-bond donors (Lipinski definition) is 0. The highest BCUT2D eigenvalue weighted by Crippen LogP contribution is 2.19. The number of nitrogens with zero attached hydrogens (tertiary/aromatic N) is 1. The van der Waals surface area contributed by atoms with E-state index < -0.39 is 5.24 Å². The van der Waals surface area contributed by atoms with E-state index in [-0.39, 0.29) is 0 Å². The molecule has 0 aliphatic carbocycles. The highest BCUT2D eigenvalue weighted by molar-refractivity contribution is 6.68. The zero-order chi connectivity index (χ0) is 12.1. The lowest BCUT2D eigenvalue weighted by Crippen LogP contribution is -2.25. The van der Waals surface area contributed by atoms with Gasteiger partial charge in [-0.15, -0.1) is 0 Å². The molecule has 0 saturated carbocycles. The molecule has 4 heteroatoms. The lowest BCUT2D eigenvalue weighted by molar-refractivity contribution is 0.107. The molecule has 0 unspecified atom stereocenters. The van der Waals surface area contributed by atoms with E-state index in [9.17, 15) is 4.79 Å². The van der Waals surface area contributed by atoms with Crippen LogP contribution in [0.5, 0.6) is 5.75 Å². The second-order valence-corrected chi connectivity index (χ2v) is 4.51. The van der Waals surface area contributed by atoms with Gasteiger partial charge >= 0.3 is 0 Å². The number of rotatable bonds is 5. The van der Waals surface area contributed by atoms with Crippen molar-refractivity contribution < 1.29 is 9.53 Å². The van der Waals surface area contributed by atoms with Gasteiger partial charge in [-0.05, 0) is 49.7 Å². The molecule has 0 aromatic heterocycles. The number of hydrogen-bond acceptors (Lipinski definition) is 3. The number of benzene rings is 1. The fourth-order valence-electron chi connectivity index (χ4n) is 2.05. The zero-order valence-electron chi connectivity index (χ0n) is 9.69. The van der Waals surface area contributed by atoms with E-state index in [0.29, 0.717) is 17.9 Å². The van der Waals surface area contributed by atoms with Gasteiger partial charge in [0.15, 0.2) is 0 Å². The molecule has 0 bridgehead atoms. The van der Waals surface area contributed by atoms with Crippen LogP contribution in [-0.2, 0) is 0 Å². The number of para-hydroxylation sites is 1. The first-order valence-electron chi connectivity index (χ1n) is 5.91. The lowest BCUT2D eigenvalue weighted by atomic mass is 10.2. The van der Waals surface area contributed by atoms with Crippen molar-refractivity contribution in [2.24, 2.45) is 0 Å². The van der Waals surface area contributed by atoms with Gasteiger partial charge in [-0.3, -0.25) is 9.69 Å². The highest BCUT2D eigenvalue weighted by atomic mass is 35.5. The molecule has 0 amide bonds.